The largest absolute Gasteiger partial charge is 0.323 e. The van der Waals surface area contributed by atoms with Crippen molar-refractivity contribution < 1.29 is 19.2 Å². The standard InChI is InChI=1S/C20H20N2O4/c1-4-17(18(23)21-16-10-9-12(2)11-13(16)3)26-22-19(24)14-7-5-6-8-15(14)20(22)25/h5-11,17H,4H2,1-3H3,(H,21,23). The lowest BCUT2D eigenvalue weighted by Gasteiger charge is -2.21. The minimum atomic E-state index is -0.960. The first-order valence-electron chi connectivity index (χ1n) is 8.45. The number of hydroxylamine groups is 2. The van der Waals surface area contributed by atoms with Crippen LogP contribution in [0.4, 0.5) is 5.69 Å². The van der Waals surface area contributed by atoms with Crippen LogP contribution < -0.4 is 5.32 Å². The molecule has 1 heterocycles. The number of hydrogen-bond acceptors (Lipinski definition) is 4. The van der Waals surface area contributed by atoms with E-state index >= 15 is 0 Å². The van der Waals surface area contributed by atoms with E-state index in [1.807, 2.05) is 32.0 Å². The van der Waals surface area contributed by atoms with Gasteiger partial charge in [0.1, 0.15) is 0 Å². The third kappa shape index (κ3) is 3.23. The molecule has 0 spiro atoms. The number of rotatable bonds is 5. The molecule has 26 heavy (non-hydrogen) atoms. The fourth-order valence-corrected chi connectivity index (χ4v) is 2.86. The molecule has 3 amide bonds. The molecule has 0 aliphatic carbocycles. The van der Waals surface area contributed by atoms with Crippen LogP contribution in [0.15, 0.2) is 42.5 Å². The fraction of sp³-hybridized carbons (Fsp3) is 0.250. The fourth-order valence-electron chi connectivity index (χ4n) is 2.86. The van der Waals surface area contributed by atoms with Gasteiger partial charge in [0.25, 0.3) is 17.7 Å². The van der Waals surface area contributed by atoms with Crippen molar-refractivity contribution in [2.24, 2.45) is 0 Å². The molecule has 0 aromatic heterocycles. The highest BCUT2D eigenvalue weighted by molar-refractivity contribution is 6.20. The van der Waals surface area contributed by atoms with Crippen LogP contribution in [0.5, 0.6) is 0 Å². The van der Waals surface area contributed by atoms with Gasteiger partial charge in [0.05, 0.1) is 11.1 Å². The summed E-state index contributed by atoms with van der Waals surface area (Å²) in [6.45, 7) is 5.62. The van der Waals surface area contributed by atoms with Crippen molar-refractivity contribution in [2.75, 3.05) is 5.32 Å². The summed E-state index contributed by atoms with van der Waals surface area (Å²) in [5, 5.41) is 3.48. The lowest BCUT2D eigenvalue weighted by atomic mass is 10.1. The summed E-state index contributed by atoms with van der Waals surface area (Å²) in [4.78, 5) is 42.8. The predicted octanol–water partition coefficient (Wildman–Crippen LogP) is 3.25. The van der Waals surface area contributed by atoms with Gasteiger partial charge in [-0.2, -0.15) is 0 Å². The Bertz CT molecular complexity index is 856. The first kappa shape index (κ1) is 17.8. The monoisotopic (exact) mass is 352 g/mol. The Kier molecular flexibility index (Phi) is 4.86. The average Bonchev–Trinajstić information content (AvgIpc) is 2.86. The van der Waals surface area contributed by atoms with Gasteiger partial charge in [0, 0.05) is 5.69 Å². The highest BCUT2D eigenvalue weighted by Gasteiger charge is 2.39. The molecule has 3 rings (SSSR count). The van der Waals surface area contributed by atoms with Crippen LogP contribution in [-0.2, 0) is 9.63 Å². The normalized spacial score (nSPS) is 14.3. The van der Waals surface area contributed by atoms with E-state index in [-0.39, 0.29) is 11.1 Å². The van der Waals surface area contributed by atoms with Crippen molar-refractivity contribution in [2.45, 2.75) is 33.3 Å². The smallest absolute Gasteiger partial charge is 0.285 e. The SMILES string of the molecule is CCC(ON1C(=O)c2ccccc2C1=O)C(=O)Nc1ccc(C)cc1C. The maximum atomic E-state index is 12.6. The third-order valence-electron chi connectivity index (χ3n) is 4.29. The zero-order valence-electron chi connectivity index (χ0n) is 14.9. The van der Waals surface area contributed by atoms with Crippen LogP contribution in [-0.4, -0.2) is 28.9 Å². The number of carbonyl (C=O) groups excluding carboxylic acids is 3. The van der Waals surface area contributed by atoms with E-state index in [1.54, 1.807) is 31.2 Å². The summed E-state index contributed by atoms with van der Waals surface area (Å²) in [6, 6.07) is 12.2. The number of nitrogens with one attached hydrogen (secondary N) is 1. The van der Waals surface area contributed by atoms with Crippen molar-refractivity contribution in [1.29, 1.82) is 0 Å². The van der Waals surface area contributed by atoms with Crippen molar-refractivity contribution in [1.82, 2.24) is 5.06 Å². The molecule has 6 nitrogen and oxygen atoms in total. The number of nitrogens with zero attached hydrogens (tertiary/aromatic N) is 1. The summed E-state index contributed by atoms with van der Waals surface area (Å²) in [7, 11) is 0. The van der Waals surface area contributed by atoms with Gasteiger partial charge in [-0.05, 0) is 44.0 Å². The van der Waals surface area contributed by atoms with E-state index in [2.05, 4.69) is 5.32 Å². The highest BCUT2D eigenvalue weighted by atomic mass is 16.7. The molecule has 1 N–H and O–H groups in total. The van der Waals surface area contributed by atoms with E-state index in [1.165, 1.54) is 0 Å². The lowest BCUT2D eigenvalue weighted by molar-refractivity contribution is -0.155. The third-order valence-corrected chi connectivity index (χ3v) is 4.29. The van der Waals surface area contributed by atoms with Gasteiger partial charge in [-0.25, -0.2) is 4.84 Å². The maximum Gasteiger partial charge on any atom is 0.285 e. The van der Waals surface area contributed by atoms with Crippen LogP contribution in [0.1, 0.15) is 45.2 Å². The van der Waals surface area contributed by atoms with Gasteiger partial charge in [-0.3, -0.25) is 14.4 Å². The number of imide groups is 1. The summed E-state index contributed by atoms with van der Waals surface area (Å²) in [6.07, 6.45) is -0.651. The van der Waals surface area contributed by atoms with E-state index in [0.29, 0.717) is 17.2 Å². The van der Waals surface area contributed by atoms with Crippen molar-refractivity contribution in [3.05, 3.63) is 64.7 Å². The molecule has 6 heteroatoms. The van der Waals surface area contributed by atoms with Crippen LogP contribution >= 0.6 is 0 Å². The first-order chi connectivity index (χ1) is 12.4. The highest BCUT2D eigenvalue weighted by Crippen LogP contribution is 2.24. The second-order valence-corrected chi connectivity index (χ2v) is 6.26. The molecule has 0 radical (unpaired) electrons. The van der Waals surface area contributed by atoms with E-state index in [4.69, 9.17) is 4.84 Å². The zero-order valence-corrected chi connectivity index (χ0v) is 14.9. The first-order valence-corrected chi connectivity index (χ1v) is 8.45. The van der Waals surface area contributed by atoms with Gasteiger partial charge < -0.3 is 5.32 Å². The molecular formula is C20H20N2O4. The molecule has 134 valence electrons. The molecule has 1 aliphatic heterocycles. The molecule has 0 saturated carbocycles. The molecule has 2 aromatic carbocycles. The van der Waals surface area contributed by atoms with E-state index < -0.39 is 23.8 Å². The molecule has 1 unspecified atom stereocenters. The van der Waals surface area contributed by atoms with Gasteiger partial charge in [0.15, 0.2) is 6.10 Å². The Balaban J connectivity index is 1.75. The number of benzene rings is 2. The number of aryl methyl sites for hydroxylation is 2. The Morgan fingerprint density at radius 1 is 1.08 bits per heavy atom. The quantitative estimate of drug-likeness (QED) is 0.838. The maximum absolute atomic E-state index is 12.6. The molecule has 2 aromatic rings. The molecule has 1 aliphatic rings. The molecule has 0 fully saturated rings. The zero-order chi connectivity index (χ0) is 18.8. The molecular weight excluding hydrogens is 332 g/mol. The topological polar surface area (TPSA) is 75.7 Å². The second kappa shape index (κ2) is 7.09. The van der Waals surface area contributed by atoms with Gasteiger partial charge >= 0.3 is 0 Å². The Morgan fingerprint density at radius 3 is 2.23 bits per heavy atom. The molecule has 0 saturated heterocycles. The summed E-state index contributed by atoms with van der Waals surface area (Å²) < 4.78 is 0. The average molecular weight is 352 g/mol. The van der Waals surface area contributed by atoms with E-state index in [9.17, 15) is 14.4 Å². The summed E-state index contributed by atoms with van der Waals surface area (Å²) in [5.41, 5.74) is 3.25. The number of fused-ring (bicyclic) bond motifs is 1. The van der Waals surface area contributed by atoms with Gasteiger partial charge in [-0.15, -0.1) is 5.06 Å². The number of amides is 3. The minimum absolute atomic E-state index is 0.280. The Hall–Kier alpha value is -2.99. The second-order valence-electron chi connectivity index (χ2n) is 6.26. The molecule has 0 bridgehead atoms. The van der Waals surface area contributed by atoms with Crippen LogP contribution in [0.3, 0.4) is 0 Å². The summed E-state index contributed by atoms with van der Waals surface area (Å²) in [5.74, 6) is -1.51. The van der Waals surface area contributed by atoms with Gasteiger partial charge in [0.2, 0.25) is 0 Å². The van der Waals surface area contributed by atoms with Crippen molar-refractivity contribution >= 4 is 23.4 Å². The number of hydrogen-bond donors (Lipinski definition) is 1. The van der Waals surface area contributed by atoms with Crippen molar-refractivity contribution in [3.8, 4) is 0 Å². The van der Waals surface area contributed by atoms with Crippen LogP contribution in [0, 0.1) is 13.8 Å². The summed E-state index contributed by atoms with van der Waals surface area (Å²) >= 11 is 0. The lowest BCUT2D eigenvalue weighted by Crippen LogP contribution is -2.40. The number of carbonyl (C=O) groups is 3. The van der Waals surface area contributed by atoms with Crippen LogP contribution in [0.25, 0.3) is 0 Å². The minimum Gasteiger partial charge on any atom is -0.323 e. The number of anilines is 1. The van der Waals surface area contributed by atoms with Crippen LogP contribution in [0.2, 0.25) is 0 Å². The van der Waals surface area contributed by atoms with Gasteiger partial charge in [-0.1, -0.05) is 36.8 Å². The predicted molar refractivity (Wildman–Crippen MR) is 96.7 cm³/mol. The Morgan fingerprint density at radius 2 is 1.69 bits per heavy atom. The van der Waals surface area contributed by atoms with E-state index in [0.717, 1.165) is 11.1 Å². The molecule has 1 atom stereocenters. The van der Waals surface area contributed by atoms with Crippen molar-refractivity contribution in [3.63, 3.8) is 0 Å². The Labute approximate surface area is 151 Å².